The van der Waals surface area contributed by atoms with Gasteiger partial charge in [-0.15, -0.1) is 0 Å². The number of nitrogens with zero attached hydrogens (tertiary/aromatic N) is 3. The van der Waals surface area contributed by atoms with Crippen molar-refractivity contribution in [2.75, 3.05) is 53.0 Å². The highest BCUT2D eigenvalue weighted by molar-refractivity contribution is 5.28. The summed E-state index contributed by atoms with van der Waals surface area (Å²) in [5.74, 6) is 0.880. The first kappa shape index (κ1) is 16.8. The quantitative estimate of drug-likeness (QED) is 0.732. The van der Waals surface area contributed by atoms with Crippen molar-refractivity contribution >= 4 is 0 Å². The summed E-state index contributed by atoms with van der Waals surface area (Å²) in [6, 6.07) is 10.4. The van der Waals surface area contributed by atoms with E-state index in [2.05, 4.69) is 28.0 Å². The fourth-order valence-electron chi connectivity index (χ4n) is 2.61. The summed E-state index contributed by atoms with van der Waals surface area (Å²) in [5, 5.41) is 8.86. The van der Waals surface area contributed by atoms with Gasteiger partial charge in [0, 0.05) is 45.7 Å². The Hall–Kier alpha value is -1.61. The Bertz CT molecular complexity index is 481. The number of benzene rings is 1. The van der Waals surface area contributed by atoms with Crippen LogP contribution in [-0.4, -0.2) is 62.8 Å². The molecule has 5 heteroatoms. The zero-order valence-corrected chi connectivity index (χ0v) is 13.3. The van der Waals surface area contributed by atoms with E-state index in [9.17, 15) is 0 Å². The molecular formula is C17H25N3O2. The number of nitriles is 1. The van der Waals surface area contributed by atoms with Crippen molar-refractivity contribution < 1.29 is 9.47 Å². The van der Waals surface area contributed by atoms with Crippen LogP contribution in [0.2, 0.25) is 0 Å². The second-order valence-electron chi connectivity index (χ2n) is 5.49. The van der Waals surface area contributed by atoms with Crippen molar-refractivity contribution in [3.63, 3.8) is 0 Å². The molecule has 1 fully saturated rings. The summed E-state index contributed by atoms with van der Waals surface area (Å²) in [4.78, 5) is 4.77. The molecule has 1 aromatic carbocycles. The van der Waals surface area contributed by atoms with Crippen molar-refractivity contribution in [3.05, 3.63) is 29.8 Å². The van der Waals surface area contributed by atoms with E-state index in [-0.39, 0.29) is 0 Å². The molecule has 1 aliphatic rings. The fraction of sp³-hybridized carbons (Fsp3) is 0.588. The van der Waals surface area contributed by atoms with Gasteiger partial charge in [-0.3, -0.25) is 9.80 Å². The van der Waals surface area contributed by atoms with Gasteiger partial charge in [-0.2, -0.15) is 5.26 Å². The van der Waals surface area contributed by atoms with Crippen LogP contribution in [0.5, 0.6) is 5.75 Å². The van der Waals surface area contributed by atoms with Crippen molar-refractivity contribution in [3.8, 4) is 11.8 Å². The van der Waals surface area contributed by atoms with Crippen molar-refractivity contribution in [2.24, 2.45) is 0 Å². The zero-order chi connectivity index (χ0) is 15.6. The van der Waals surface area contributed by atoms with Crippen LogP contribution in [0.3, 0.4) is 0 Å². The predicted molar refractivity (Wildman–Crippen MR) is 85.8 cm³/mol. The number of methoxy groups -OCH3 is 1. The summed E-state index contributed by atoms with van der Waals surface area (Å²) in [5.41, 5.74) is 1.22. The third-order valence-electron chi connectivity index (χ3n) is 3.92. The molecule has 0 aromatic heterocycles. The van der Waals surface area contributed by atoms with Crippen molar-refractivity contribution in [1.82, 2.24) is 9.80 Å². The summed E-state index contributed by atoms with van der Waals surface area (Å²) < 4.78 is 10.7. The van der Waals surface area contributed by atoms with Gasteiger partial charge < -0.3 is 9.47 Å². The van der Waals surface area contributed by atoms with Gasteiger partial charge >= 0.3 is 0 Å². The van der Waals surface area contributed by atoms with Crippen LogP contribution < -0.4 is 4.74 Å². The van der Waals surface area contributed by atoms with Gasteiger partial charge in [0.15, 0.2) is 0 Å². The maximum Gasteiger partial charge on any atom is 0.119 e. The Morgan fingerprint density at radius 3 is 2.86 bits per heavy atom. The molecule has 1 heterocycles. The number of ether oxygens (including phenoxy) is 2. The number of hydrogen-bond acceptors (Lipinski definition) is 5. The Kier molecular flexibility index (Phi) is 7.17. The van der Waals surface area contributed by atoms with E-state index in [0.717, 1.165) is 58.2 Å². The molecule has 1 aromatic rings. The van der Waals surface area contributed by atoms with E-state index >= 15 is 0 Å². The molecule has 0 spiro atoms. The molecule has 22 heavy (non-hydrogen) atoms. The Morgan fingerprint density at radius 1 is 1.32 bits per heavy atom. The molecule has 0 radical (unpaired) electrons. The summed E-state index contributed by atoms with van der Waals surface area (Å²) in [6.45, 7) is 7.32. The highest BCUT2D eigenvalue weighted by Gasteiger charge is 2.13. The van der Waals surface area contributed by atoms with Crippen LogP contribution in [0.25, 0.3) is 0 Å². The SMILES string of the molecule is COc1cccc(CN(CCC#N)CCN2CCOCC2)c1. The second-order valence-corrected chi connectivity index (χ2v) is 5.49. The van der Waals surface area contributed by atoms with E-state index < -0.39 is 0 Å². The number of morpholine rings is 1. The minimum Gasteiger partial charge on any atom is -0.497 e. The van der Waals surface area contributed by atoms with E-state index in [1.54, 1.807) is 7.11 Å². The van der Waals surface area contributed by atoms with Crippen molar-refractivity contribution in [2.45, 2.75) is 13.0 Å². The first-order chi connectivity index (χ1) is 10.8. The van der Waals surface area contributed by atoms with Crippen LogP contribution in [0.4, 0.5) is 0 Å². The molecule has 0 saturated carbocycles. The molecule has 0 unspecified atom stereocenters. The lowest BCUT2D eigenvalue weighted by Gasteiger charge is -2.29. The Morgan fingerprint density at radius 2 is 2.14 bits per heavy atom. The maximum atomic E-state index is 8.86. The van der Waals surface area contributed by atoms with E-state index in [1.165, 1.54) is 5.56 Å². The second kappa shape index (κ2) is 9.42. The molecule has 5 nitrogen and oxygen atoms in total. The van der Waals surface area contributed by atoms with Gasteiger partial charge in [0.1, 0.15) is 5.75 Å². The lowest BCUT2D eigenvalue weighted by atomic mass is 10.2. The van der Waals surface area contributed by atoms with Crippen molar-refractivity contribution in [1.29, 1.82) is 5.26 Å². The third-order valence-corrected chi connectivity index (χ3v) is 3.92. The van der Waals surface area contributed by atoms with Crippen LogP contribution in [0, 0.1) is 11.3 Å². The van der Waals surface area contributed by atoms with Crippen LogP contribution in [0.15, 0.2) is 24.3 Å². The number of rotatable bonds is 8. The van der Waals surface area contributed by atoms with Gasteiger partial charge in [0.2, 0.25) is 0 Å². The standard InChI is InChI=1S/C17H25N3O2/c1-21-17-5-2-4-16(14-17)15-20(7-3-6-18)9-8-19-10-12-22-13-11-19/h2,4-5,14H,3,7-13,15H2,1H3. The highest BCUT2D eigenvalue weighted by atomic mass is 16.5. The molecule has 1 saturated heterocycles. The average Bonchev–Trinajstić information content (AvgIpc) is 2.58. The monoisotopic (exact) mass is 303 g/mol. The lowest BCUT2D eigenvalue weighted by molar-refractivity contribution is 0.0330. The molecular weight excluding hydrogens is 278 g/mol. The van der Waals surface area contributed by atoms with Crippen LogP contribution in [0.1, 0.15) is 12.0 Å². The molecule has 0 N–H and O–H groups in total. The summed E-state index contributed by atoms with van der Waals surface area (Å²) in [6.07, 6.45) is 0.563. The maximum absolute atomic E-state index is 8.86. The molecule has 0 atom stereocenters. The molecule has 0 aliphatic carbocycles. The summed E-state index contributed by atoms with van der Waals surface area (Å²) >= 11 is 0. The van der Waals surface area contributed by atoms with Gasteiger partial charge in [0.05, 0.1) is 26.4 Å². The normalized spacial score (nSPS) is 15.7. The van der Waals surface area contributed by atoms with E-state index in [4.69, 9.17) is 14.7 Å². The Labute approximate surface area is 133 Å². The molecule has 0 amide bonds. The minimum absolute atomic E-state index is 0.563. The first-order valence-electron chi connectivity index (χ1n) is 7.84. The Balaban J connectivity index is 1.88. The predicted octanol–water partition coefficient (Wildman–Crippen LogP) is 1.74. The van der Waals surface area contributed by atoms with Gasteiger partial charge in [-0.05, 0) is 17.7 Å². The lowest BCUT2D eigenvalue weighted by Crippen LogP contribution is -2.41. The van der Waals surface area contributed by atoms with Gasteiger partial charge in [0.25, 0.3) is 0 Å². The van der Waals surface area contributed by atoms with Gasteiger partial charge in [-0.1, -0.05) is 12.1 Å². The van der Waals surface area contributed by atoms with E-state index in [1.807, 2.05) is 12.1 Å². The average molecular weight is 303 g/mol. The first-order valence-corrected chi connectivity index (χ1v) is 7.84. The fourth-order valence-corrected chi connectivity index (χ4v) is 2.61. The van der Waals surface area contributed by atoms with Crippen LogP contribution in [-0.2, 0) is 11.3 Å². The summed E-state index contributed by atoms with van der Waals surface area (Å²) in [7, 11) is 1.69. The molecule has 2 rings (SSSR count). The topological polar surface area (TPSA) is 48.7 Å². The third kappa shape index (κ3) is 5.64. The molecule has 1 aliphatic heterocycles. The molecule has 120 valence electrons. The van der Waals surface area contributed by atoms with E-state index in [0.29, 0.717) is 6.42 Å². The van der Waals surface area contributed by atoms with Gasteiger partial charge in [-0.25, -0.2) is 0 Å². The molecule has 0 bridgehead atoms. The minimum atomic E-state index is 0.563. The number of hydrogen-bond donors (Lipinski definition) is 0. The smallest absolute Gasteiger partial charge is 0.119 e. The highest BCUT2D eigenvalue weighted by Crippen LogP contribution is 2.14. The van der Waals surface area contributed by atoms with Crippen LogP contribution >= 0.6 is 0 Å². The largest absolute Gasteiger partial charge is 0.497 e. The zero-order valence-electron chi connectivity index (χ0n) is 13.3.